The van der Waals surface area contributed by atoms with Gasteiger partial charge in [-0.15, -0.1) is 11.3 Å². The smallest absolute Gasteiger partial charge is 0.233 e. The van der Waals surface area contributed by atoms with Crippen LogP contribution in [0.15, 0.2) is 70.8 Å². The largest absolute Gasteiger partial charge is 0.300 e. The van der Waals surface area contributed by atoms with Crippen molar-refractivity contribution >= 4 is 40.0 Å². The van der Waals surface area contributed by atoms with E-state index in [1.807, 2.05) is 74.6 Å². The monoisotopic (exact) mass is 461 g/mol. The number of nitrogens with zero attached hydrogens (tertiary/aromatic N) is 4. The van der Waals surface area contributed by atoms with E-state index in [-0.39, 0.29) is 5.78 Å². The van der Waals surface area contributed by atoms with Gasteiger partial charge in [0, 0.05) is 34.4 Å². The van der Waals surface area contributed by atoms with Crippen LogP contribution in [0, 0.1) is 6.92 Å². The minimum Gasteiger partial charge on any atom is -0.300 e. The number of benzene rings is 2. The zero-order valence-electron chi connectivity index (χ0n) is 17.9. The van der Waals surface area contributed by atoms with Gasteiger partial charge in [-0.1, -0.05) is 49.4 Å². The minimum absolute atomic E-state index is 0.269. The molecule has 0 aliphatic carbocycles. The van der Waals surface area contributed by atoms with Crippen molar-refractivity contribution in [1.82, 2.24) is 19.9 Å². The number of hydrogen-bond donors (Lipinski definition) is 1. The average Bonchev–Trinajstić information content (AvgIpc) is 3.20. The van der Waals surface area contributed by atoms with E-state index >= 15 is 0 Å². The van der Waals surface area contributed by atoms with Crippen LogP contribution in [0.5, 0.6) is 0 Å². The van der Waals surface area contributed by atoms with Crippen molar-refractivity contribution in [3.63, 3.8) is 0 Å². The Kier molecular flexibility index (Phi) is 7.24. The van der Waals surface area contributed by atoms with Crippen LogP contribution < -0.4 is 5.32 Å². The lowest BCUT2D eigenvalue weighted by molar-refractivity contribution is -0.118. The third-order valence-corrected chi connectivity index (χ3v) is 6.25. The van der Waals surface area contributed by atoms with Gasteiger partial charge < -0.3 is 0 Å². The fourth-order valence-corrected chi connectivity index (χ4v) is 4.46. The van der Waals surface area contributed by atoms with Crippen molar-refractivity contribution in [2.45, 2.75) is 43.2 Å². The summed E-state index contributed by atoms with van der Waals surface area (Å²) in [6, 6.07) is 17.8. The molecule has 4 rings (SSSR count). The first kappa shape index (κ1) is 22.1. The summed E-state index contributed by atoms with van der Waals surface area (Å²) < 4.78 is 0. The number of anilines is 2. The number of rotatable bonds is 9. The summed E-state index contributed by atoms with van der Waals surface area (Å²) in [6.07, 6.45) is 3.80. The second-order valence-corrected chi connectivity index (χ2v) is 9.52. The summed E-state index contributed by atoms with van der Waals surface area (Å²) in [5.41, 5.74) is 1.94. The number of thiazole rings is 1. The van der Waals surface area contributed by atoms with Crippen LogP contribution in [-0.4, -0.2) is 25.7 Å². The highest BCUT2D eigenvalue weighted by molar-refractivity contribution is 7.99. The second-order valence-electron chi connectivity index (χ2n) is 7.24. The Balaban J connectivity index is 1.58. The van der Waals surface area contributed by atoms with Crippen molar-refractivity contribution < 1.29 is 4.79 Å². The lowest BCUT2D eigenvalue weighted by atomic mass is 10.1. The molecule has 0 atom stereocenters. The molecule has 0 aliphatic rings. The molecule has 0 amide bonds. The number of aromatic nitrogens is 4. The minimum atomic E-state index is 0.269. The lowest BCUT2D eigenvalue weighted by Crippen LogP contribution is -2.02. The van der Waals surface area contributed by atoms with Crippen LogP contribution in [0.3, 0.4) is 0 Å². The summed E-state index contributed by atoms with van der Waals surface area (Å²) >= 11 is 3.01. The molecule has 32 heavy (non-hydrogen) atoms. The van der Waals surface area contributed by atoms with Crippen LogP contribution in [0.4, 0.5) is 11.1 Å². The number of nitrogens with one attached hydrogen (secondary N) is 1. The van der Waals surface area contributed by atoms with Crippen LogP contribution in [0.25, 0.3) is 11.4 Å². The molecule has 0 unspecified atom stereocenters. The molecule has 0 saturated heterocycles. The molecule has 4 aromatic rings. The van der Waals surface area contributed by atoms with Gasteiger partial charge in [0.15, 0.2) is 16.1 Å². The number of hydrogen-bond acceptors (Lipinski definition) is 8. The molecule has 2 aromatic carbocycles. The van der Waals surface area contributed by atoms with Crippen molar-refractivity contribution in [1.29, 1.82) is 0 Å². The predicted octanol–water partition coefficient (Wildman–Crippen LogP) is 6.11. The van der Waals surface area contributed by atoms with E-state index in [4.69, 9.17) is 0 Å². The SMILES string of the molecule is CCCC(=O)Cc1ccc(Sc2nc(Nc3ncc(C)s3)nc(-c3ccccc3)n2)cc1. The van der Waals surface area contributed by atoms with E-state index in [9.17, 15) is 4.79 Å². The van der Waals surface area contributed by atoms with E-state index in [1.54, 1.807) is 11.3 Å². The van der Waals surface area contributed by atoms with E-state index in [0.29, 0.717) is 29.8 Å². The number of Topliss-reactive ketones (excluding diaryl/α,β-unsaturated/α-hetero) is 1. The summed E-state index contributed by atoms with van der Waals surface area (Å²) in [5.74, 6) is 1.32. The highest BCUT2D eigenvalue weighted by atomic mass is 32.2. The number of aryl methyl sites for hydroxylation is 1. The maximum atomic E-state index is 11.9. The second kappa shape index (κ2) is 10.5. The number of ketones is 1. The number of carbonyl (C=O) groups excluding carboxylic acids is 1. The number of carbonyl (C=O) groups is 1. The molecule has 0 bridgehead atoms. The van der Waals surface area contributed by atoms with Gasteiger partial charge in [-0.2, -0.15) is 9.97 Å². The van der Waals surface area contributed by atoms with E-state index in [0.717, 1.165) is 32.5 Å². The maximum absolute atomic E-state index is 11.9. The van der Waals surface area contributed by atoms with Gasteiger partial charge in [-0.3, -0.25) is 10.1 Å². The summed E-state index contributed by atoms with van der Waals surface area (Å²) in [5, 5.41) is 4.53. The zero-order valence-corrected chi connectivity index (χ0v) is 19.5. The fourth-order valence-electron chi connectivity index (χ4n) is 3.06. The van der Waals surface area contributed by atoms with Gasteiger partial charge in [0.2, 0.25) is 5.95 Å². The van der Waals surface area contributed by atoms with Crippen LogP contribution in [0.1, 0.15) is 30.2 Å². The van der Waals surface area contributed by atoms with Crippen molar-refractivity contribution in [2.24, 2.45) is 0 Å². The molecule has 6 nitrogen and oxygen atoms in total. The van der Waals surface area contributed by atoms with E-state index in [2.05, 4.69) is 25.3 Å². The normalized spacial score (nSPS) is 10.8. The van der Waals surface area contributed by atoms with Gasteiger partial charge in [-0.05, 0) is 42.8 Å². The Bertz CT molecular complexity index is 1190. The first-order valence-electron chi connectivity index (χ1n) is 10.4. The average molecular weight is 462 g/mol. The van der Waals surface area contributed by atoms with Gasteiger partial charge in [0.05, 0.1) is 0 Å². The molecule has 8 heteroatoms. The van der Waals surface area contributed by atoms with Crippen LogP contribution >= 0.6 is 23.1 Å². The quantitative estimate of drug-likeness (QED) is 0.322. The molecule has 0 aliphatic heterocycles. The highest BCUT2D eigenvalue weighted by Gasteiger charge is 2.12. The molecule has 0 radical (unpaired) electrons. The third-order valence-electron chi connectivity index (χ3n) is 4.55. The molecule has 0 spiro atoms. The Morgan fingerprint density at radius 3 is 2.50 bits per heavy atom. The van der Waals surface area contributed by atoms with Crippen LogP contribution in [0.2, 0.25) is 0 Å². The van der Waals surface area contributed by atoms with Gasteiger partial charge in [-0.25, -0.2) is 9.97 Å². The topological polar surface area (TPSA) is 80.7 Å². The zero-order chi connectivity index (χ0) is 22.3. The Morgan fingerprint density at radius 2 is 1.81 bits per heavy atom. The Hall–Kier alpha value is -3.10. The molecular formula is C24H23N5OS2. The standard InChI is InChI=1S/C24H23N5OS2/c1-3-7-19(30)14-17-10-12-20(13-11-17)32-24-27-21(18-8-5-4-6-9-18)26-22(29-24)28-23-25-15-16(2)31-23/h4-6,8-13,15H,3,7,14H2,1-2H3,(H,25,26,27,28,29). The van der Waals surface area contributed by atoms with Crippen molar-refractivity contribution in [2.75, 3.05) is 5.32 Å². The van der Waals surface area contributed by atoms with Gasteiger partial charge >= 0.3 is 0 Å². The van der Waals surface area contributed by atoms with E-state index in [1.165, 1.54) is 11.8 Å². The fraction of sp³-hybridized carbons (Fsp3) is 0.208. The third kappa shape index (κ3) is 5.99. The summed E-state index contributed by atoms with van der Waals surface area (Å²) in [7, 11) is 0. The first-order chi connectivity index (χ1) is 15.6. The van der Waals surface area contributed by atoms with Gasteiger partial charge in [0.1, 0.15) is 5.78 Å². The molecule has 2 aromatic heterocycles. The van der Waals surface area contributed by atoms with E-state index < -0.39 is 0 Å². The Morgan fingerprint density at radius 1 is 1.03 bits per heavy atom. The molecule has 162 valence electrons. The summed E-state index contributed by atoms with van der Waals surface area (Å²) in [4.78, 5) is 32.2. The predicted molar refractivity (Wildman–Crippen MR) is 130 cm³/mol. The lowest BCUT2D eigenvalue weighted by Gasteiger charge is -2.08. The molecule has 1 N–H and O–H groups in total. The molecule has 0 saturated carbocycles. The molecule has 2 heterocycles. The first-order valence-corrected chi connectivity index (χ1v) is 12.0. The molecular weight excluding hydrogens is 438 g/mol. The molecule has 0 fully saturated rings. The summed E-state index contributed by atoms with van der Waals surface area (Å²) in [6.45, 7) is 4.03. The maximum Gasteiger partial charge on any atom is 0.233 e. The van der Waals surface area contributed by atoms with Gasteiger partial charge in [0.25, 0.3) is 0 Å². The highest BCUT2D eigenvalue weighted by Crippen LogP contribution is 2.29. The van der Waals surface area contributed by atoms with Crippen molar-refractivity contribution in [3.05, 3.63) is 71.2 Å². The van der Waals surface area contributed by atoms with Crippen LogP contribution in [-0.2, 0) is 11.2 Å². The van der Waals surface area contributed by atoms with Crippen molar-refractivity contribution in [3.8, 4) is 11.4 Å². The Labute approximate surface area is 195 Å².